The monoisotopic (exact) mass is 281 g/mol. The molecular weight excluding hydrogens is 266 g/mol. The summed E-state index contributed by atoms with van der Waals surface area (Å²) in [7, 11) is 0. The van der Waals surface area contributed by atoms with Gasteiger partial charge in [-0.1, -0.05) is 30.3 Å². The van der Waals surface area contributed by atoms with Crippen LogP contribution in [0, 0.1) is 6.92 Å². The number of pyridine rings is 1. The third-order valence-electron chi connectivity index (χ3n) is 3.09. The zero-order valence-electron chi connectivity index (χ0n) is 11.6. The molecule has 0 atom stereocenters. The summed E-state index contributed by atoms with van der Waals surface area (Å²) < 4.78 is 1.80. The van der Waals surface area contributed by atoms with E-state index in [1.807, 2.05) is 55.6 Å². The molecule has 3 rings (SSSR count). The summed E-state index contributed by atoms with van der Waals surface area (Å²) in [5, 5.41) is 0. The van der Waals surface area contributed by atoms with Crippen LogP contribution in [0.4, 0.5) is 0 Å². The van der Waals surface area contributed by atoms with Crippen molar-refractivity contribution in [2.45, 2.75) is 13.5 Å². The fourth-order valence-corrected chi connectivity index (χ4v) is 2.00. The number of nitrogens with zero attached hydrogens (tertiary/aromatic N) is 2. The van der Waals surface area contributed by atoms with Crippen molar-refractivity contribution in [3.05, 3.63) is 71.7 Å². The van der Waals surface area contributed by atoms with Crippen LogP contribution in [-0.2, 0) is 11.4 Å². The number of rotatable bonds is 4. The van der Waals surface area contributed by atoms with Crippen molar-refractivity contribution in [3.8, 4) is 0 Å². The van der Waals surface area contributed by atoms with Gasteiger partial charge in [0.2, 0.25) is 0 Å². The molecule has 1 amide bonds. The van der Waals surface area contributed by atoms with Gasteiger partial charge in [0.1, 0.15) is 11.3 Å². The van der Waals surface area contributed by atoms with Crippen molar-refractivity contribution >= 4 is 11.6 Å². The van der Waals surface area contributed by atoms with Gasteiger partial charge in [0.05, 0.1) is 6.61 Å². The Balaban J connectivity index is 1.64. The number of carbonyl (C=O) groups is 1. The van der Waals surface area contributed by atoms with Gasteiger partial charge in [-0.05, 0) is 30.2 Å². The van der Waals surface area contributed by atoms with Gasteiger partial charge >= 0.3 is 0 Å². The van der Waals surface area contributed by atoms with Crippen molar-refractivity contribution in [3.63, 3.8) is 0 Å². The predicted molar refractivity (Wildman–Crippen MR) is 78.6 cm³/mol. The average molecular weight is 281 g/mol. The van der Waals surface area contributed by atoms with E-state index in [9.17, 15) is 4.79 Å². The molecule has 0 radical (unpaired) electrons. The normalized spacial score (nSPS) is 10.7. The second kappa shape index (κ2) is 5.76. The number of hydrogen-bond acceptors (Lipinski definition) is 3. The highest BCUT2D eigenvalue weighted by Crippen LogP contribution is 2.07. The smallest absolute Gasteiger partial charge is 0.295 e. The molecule has 1 N–H and O–H groups in total. The van der Waals surface area contributed by atoms with E-state index in [1.54, 1.807) is 10.6 Å². The third-order valence-corrected chi connectivity index (χ3v) is 3.09. The minimum Gasteiger partial charge on any atom is -0.306 e. The molecule has 0 bridgehead atoms. The molecule has 2 aromatic heterocycles. The summed E-state index contributed by atoms with van der Waals surface area (Å²) in [4.78, 5) is 21.5. The molecule has 106 valence electrons. The molecule has 0 aliphatic heterocycles. The minimum atomic E-state index is -0.354. The van der Waals surface area contributed by atoms with E-state index in [-0.39, 0.29) is 5.91 Å². The number of hydrogen-bond donors (Lipinski definition) is 1. The lowest BCUT2D eigenvalue weighted by Crippen LogP contribution is -2.23. The number of hydroxylamine groups is 1. The number of imidazole rings is 1. The highest BCUT2D eigenvalue weighted by molar-refractivity contribution is 5.92. The zero-order chi connectivity index (χ0) is 14.7. The molecule has 0 fully saturated rings. The first kappa shape index (κ1) is 13.3. The Morgan fingerprint density at radius 1 is 1.29 bits per heavy atom. The Morgan fingerprint density at radius 3 is 2.90 bits per heavy atom. The third kappa shape index (κ3) is 3.09. The van der Waals surface area contributed by atoms with E-state index in [0.29, 0.717) is 12.3 Å². The van der Waals surface area contributed by atoms with Crippen molar-refractivity contribution in [2.75, 3.05) is 0 Å². The average Bonchev–Trinajstić information content (AvgIpc) is 2.91. The van der Waals surface area contributed by atoms with Crippen LogP contribution in [0.1, 0.15) is 21.6 Å². The maximum Gasteiger partial charge on any atom is 0.295 e. The van der Waals surface area contributed by atoms with E-state index in [0.717, 1.165) is 16.8 Å². The molecule has 0 saturated heterocycles. The van der Waals surface area contributed by atoms with Crippen LogP contribution in [0.15, 0.2) is 54.9 Å². The number of amides is 1. The largest absolute Gasteiger partial charge is 0.306 e. The SMILES string of the molecule is Cc1ccn2cc(C(=O)NOCc3ccccc3)nc2c1. The van der Waals surface area contributed by atoms with Gasteiger partial charge in [0.15, 0.2) is 0 Å². The first-order valence-corrected chi connectivity index (χ1v) is 6.64. The van der Waals surface area contributed by atoms with Crippen molar-refractivity contribution in [2.24, 2.45) is 0 Å². The Bertz CT molecular complexity index is 766. The van der Waals surface area contributed by atoms with E-state index >= 15 is 0 Å². The van der Waals surface area contributed by atoms with Gasteiger partial charge in [-0.25, -0.2) is 10.5 Å². The number of nitrogens with one attached hydrogen (secondary N) is 1. The quantitative estimate of drug-likeness (QED) is 0.748. The number of carbonyl (C=O) groups excluding carboxylic acids is 1. The number of aromatic nitrogens is 2. The van der Waals surface area contributed by atoms with Crippen LogP contribution in [0.3, 0.4) is 0 Å². The summed E-state index contributed by atoms with van der Waals surface area (Å²) in [5.74, 6) is -0.354. The molecule has 0 unspecified atom stereocenters. The Labute approximate surface area is 122 Å². The highest BCUT2D eigenvalue weighted by atomic mass is 16.6. The molecule has 0 saturated carbocycles. The van der Waals surface area contributed by atoms with Crippen molar-refractivity contribution in [1.82, 2.24) is 14.9 Å². The summed E-state index contributed by atoms with van der Waals surface area (Å²) in [5.41, 5.74) is 5.56. The lowest BCUT2D eigenvalue weighted by Gasteiger charge is -2.03. The Hall–Kier alpha value is -2.66. The fourth-order valence-electron chi connectivity index (χ4n) is 2.00. The first-order valence-electron chi connectivity index (χ1n) is 6.64. The minimum absolute atomic E-state index is 0.319. The highest BCUT2D eigenvalue weighted by Gasteiger charge is 2.10. The van der Waals surface area contributed by atoms with E-state index in [1.165, 1.54) is 0 Å². The summed E-state index contributed by atoms with van der Waals surface area (Å²) in [6.45, 7) is 2.30. The van der Waals surface area contributed by atoms with Gasteiger partial charge in [0.25, 0.3) is 5.91 Å². The van der Waals surface area contributed by atoms with Crippen LogP contribution < -0.4 is 5.48 Å². The predicted octanol–water partition coefficient (Wildman–Crippen LogP) is 2.50. The standard InChI is InChI=1S/C16H15N3O2/c1-12-7-8-19-10-14(17-15(19)9-12)16(20)18-21-11-13-5-3-2-4-6-13/h2-10H,11H2,1H3,(H,18,20). The van der Waals surface area contributed by atoms with Gasteiger partial charge in [-0.2, -0.15) is 0 Å². The Kier molecular flexibility index (Phi) is 3.66. The molecule has 0 aliphatic carbocycles. The first-order chi connectivity index (χ1) is 10.2. The van der Waals surface area contributed by atoms with Gasteiger partial charge in [0, 0.05) is 12.4 Å². The van der Waals surface area contributed by atoms with E-state index in [4.69, 9.17) is 4.84 Å². The fraction of sp³-hybridized carbons (Fsp3) is 0.125. The van der Waals surface area contributed by atoms with Crippen LogP contribution in [0.25, 0.3) is 5.65 Å². The van der Waals surface area contributed by atoms with Gasteiger partial charge < -0.3 is 4.40 Å². The molecule has 1 aromatic carbocycles. The summed E-state index contributed by atoms with van der Waals surface area (Å²) in [6, 6.07) is 13.5. The zero-order valence-corrected chi connectivity index (χ0v) is 11.6. The molecule has 2 heterocycles. The van der Waals surface area contributed by atoms with Crippen molar-refractivity contribution in [1.29, 1.82) is 0 Å². The lowest BCUT2D eigenvalue weighted by atomic mass is 10.2. The molecule has 3 aromatic rings. The number of fused-ring (bicyclic) bond motifs is 1. The molecule has 0 spiro atoms. The summed E-state index contributed by atoms with van der Waals surface area (Å²) in [6.07, 6.45) is 3.55. The van der Waals surface area contributed by atoms with Gasteiger partial charge in [-0.3, -0.25) is 9.63 Å². The number of aryl methyl sites for hydroxylation is 1. The van der Waals surface area contributed by atoms with Crippen LogP contribution >= 0.6 is 0 Å². The maximum absolute atomic E-state index is 12.0. The molecular formula is C16H15N3O2. The topological polar surface area (TPSA) is 55.6 Å². The molecule has 0 aliphatic rings. The van der Waals surface area contributed by atoms with Crippen LogP contribution in [-0.4, -0.2) is 15.3 Å². The van der Waals surface area contributed by atoms with Crippen molar-refractivity contribution < 1.29 is 9.63 Å². The molecule has 5 heteroatoms. The van der Waals surface area contributed by atoms with E-state index < -0.39 is 0 Å². The maximum atomic E-state index is 12.0. The molecule has 21 heavy (non-hydrogen) atoms. The van der Waals surface area contributed by atoms with Gasteiger partial charge in [-0.15, -0.1) is 0 Å². The second-order valence-corrected chi connectivity index (χ2v) is 4.80. The molecule has 5 nitrogen and oxygen atoms in total. The lowest BCUT2D eigenvalue weighted by molar-refractivity contribution is 0.0230. The van der Waals surface area contributed by atoms with Crippen LogP contribution in [0.2, 0.25) is 0 Å². The van der Waals surface area contributed by atoms with Crippen LogP contribution in [0.5, 0.6) is 0 Å². The second-order valence-electron chi connectivity index (χ2n) is 4.80. The summed E-state index contributed by atoms with van der Waals surface area (Å²) >= 11 is 0. The number of benzene rings is 1. The van der Waals surface area contributed by atoms with E-state index in [2.05, 4.69) is 10.5 Å². The Morgan fingerprint density at radius 2 is 2.10 bits per heavy atom.